The van der Waals surface area contributed by atoms with Crippen LogP contribution >= 0.6 is 15.9 Å². The lowest BCUT2D eigenvalue weighted by atomic mass is 9.88. The number of nitrogens with zero attached hydrogens (tertiary/aromatic N) is 1. The molecule has 5 heteroatoms. The van der Waals surface area contributed by atoms with E-state index in [1.165, 1.54) is 12.3 Å². The lowest BCUT2D eigenvalue weighted by molar-refractivity contribution is -0.139. The summed E-state index contributed by atoms with van der Waals surface area (Å²) in [5.41, 5.74) is -1.21. The molecule has 1 heterocycles. The molecule has 1 nitrogen and oxygen atoms in total. The van der Waals surface area contributed by atoms with Gasteiger partial charge in [-0.3, -0.25) is 4.98 Å². The first-order valence-corrected chi connectivity index (χ1v) is 5.50. The van der Waals surface area contributed by atoms with Crippen LogP contribution in [0.3, 0.4) is 0 Å². The Hall–Kier alpha value is -0.580. The van der Waals surface area contributed by atoms with Crippen LogP contribution in [0.15, 0.2) is 18.3 Å². The van der Waals surface area contributed by atoms with Crippen LogP contribution in [0.1, 0.15) is 25.1 Å². The van der Waals surface area contributed by atoms with Crippen LogP contribution < -0.4 is 0 Å². The van der Waals surface area contributed by atoms with Crippen molar-refractivity contribution >= 4 is 15.9 Å². The van der Waals surface area contributed by atoms with E-state index in [4.69, 9.17) is 0 Å². The van der Waals surface area contributed by atoms with Crippen molar-refractivity contribution in [3.8, 4) is 0 Å². The van der Waals surface area contributed by atoms with E-state index in [0.717, 1.165) is 6.07 Å². The van der Waals surface area contributed by atoms with Crippen molar-refractivity contribution in [1.29, 1.82) is 0 Å². The fourth-order valence-electron chi connectivity index (χ4n) is 1.24. The van der Waals surface area contributed by atoms with Gasteiger partial charge in [-0.25, -0.2) is 0 Å². The quantitative estimate of drug-likeness (QED) is 0.752. The van der Waals surface area contributed by atoms with Gasteiger partial charge in [-0.2, -0.15) is 13.2 Å². The molecule has 0 aliphatic rings. The minimum absolute atomic E-state index is 0.0781. The van der Waals surface area contributed by atoms with Crippen molar-refractivity contribution in [3.05, 3.63) is 29.6 Å². The first kappa shape index (κ1) is 12.5. The van der Waals surface area contributed by atoms with E-state index < -0.39 is 17.2 Å². The number of halogens is 4. The zero-order valence-electron chi connectivity index (χ0n) is 8.40. The number of rotatable bonds is 2. The minimum atomic E-state index is -4.34. The van der Waals surface area contributed by atoms with Gasteiger partial charge in [-0.15, -0.1) is 0 Å². The standard InChI is InChI=1S/C10H11BrF3N/c1-9(2,6-11)8-7(10(12,13)14)4-3-5-15-8/h3-5H,6H2,1-2H3. The maximum Gasteiger partial charge on any atom is 0.418 e. The Morgan fingerprint density at radius 1 is 1.33 bits per heavy atom. The van der Waals surface area contributed by atoms with Gasteiger partial charge in [0.1, 0.15) is 0 Å². The smallest absolute Gasteiger partial charge is 0.260 e. The van der Waals surface area contributed by atoms with Gasteiger partial charge in [0, 0.05) is 16.9 Å². The summed E-state index contributed by atoms with van der Waals surface area (Å²) in [5.74, 6) is 0. The van der Waals surface area contributed by atoms with Gasteiger partial charge in [0.15, 0.2) is 0 Å². The normalized spacial score (nSPS) is 12.9. The molecule has 0 saturated heterocycles. The van der Waals surface area contributed by atoms with Gasteiger partial charge < -0.3 is 0 Å². The molecule has 0 amide bonds. The molecule has 0 N–H and O–H groups in total. The van der Waals surface area contributed by atoms with Crippen LogP contribution in [0.5, 0.6) is 0 Å². The lowest BCUT2D eigenvalue weighted by Crippen LogP contribution is -2.25. The number of hydrogen-bond acceptors (Lipinski definition) is 1. The van der Waals surface area contributed by atoms with E-state index in [1.54, 1.807) is 13.8 Å². The molecule has 0 bridgehead atoms. The van der Waals surface area contributed by atoms with Crippen molar-refractivity contribution in [2.24, 2.45) is 0 Å². The predicted molar refractivity (Wildman–Crippen MR) is 56.1 cm³/mol. The molecule has 0 fully saturated rings. The van der Waals surface area contributed by atoms with Crippen molar-refractivity contribution in [3.63, 3.8) is 0 Å². The highest BCUT2D eigenvalue weighted by molar-refractivity contribution is 9.09. The van der Waals surface area contributed by atoms with Crippen LogP contribution in [-0.4, -0.2) is 10.3 Å². The van der Waals surface area contributed by atoms with Gasteiger partial charge in [0.2, 0.25) is 0 Å². The first-order chi connectivity index (χ1) is 6.79. The number of hydrogen-bond donors (Lipinski definition) is 0. The number of alkyl halides is 4. The monoisotopic (exact) mass is 281 g/mol. The summed E-state index contributed by atoms with van der Waals surface area (Å²) in [6, 6.07) is 2.36. The molecule has 0 aromatic carbocycles. The van der Waals surface area contributed by atoms with Gasteiger partial charge in [0.05, 0.1) is 11.3 Å². The SMILES string of the molecule is CC(C)(CBr)c1ncccc1C(F)(F)F. The lowest BCUT2D eigenvalue weighted by Gasteiger charge is -2.24. The molecule has 0 saturated carbocycles. The summed E-state index contributed by atoms with van der Waals surface area (Å²) in [6.07, 6.45) is -2.96. The molecule has 1 rings (SSSR count). The summed E-state index contributed by atoms with van der Waals surface area (Å²) in [7, 11) is 0. The third-order valence-corrected chi connectivity index (χ3v) is 3.49. The van der Waals surface area contributed by atoms with E-state index in [0.29, 0.717) is 5.33 Å². The highest BCUT2D eigenvalue weighted by Gasteiger charge is 2.38. The molecule has 0 unspecified atom stereocenters. The zero-order chi connectivity index (χ0) is 11.7. The topological polar surface area (TPSA) is 12.9 Å². The number of pyridine rings is 1. The van der Waals surface area contributed by atoms with Gasteiger partial charge >= 0.3 is 6.18 Å². The Kier molecular flexibility index (Phi) is 3.43. The van der Waals surface area contributed by atoms with Crippen molar-refractivity contribution in [2.75, 3.05) is 5.33 Å². The highest BCUT2D eigenvalue weighted by atomic mass is 79.9. The van der Waals surface area contributed by atoms with Crippen LogP contribution in [0.4, 0.5) is 13.2 Å². The molecule has 0 aliphatic carbocycles. The molecule has 84 valence electrons. The second-order valence-electron chi connectivity index (χ2n) is 3.91. The van der Waals surface area contributed by atoms with Crippen LogP contribution in [-0.2, 0) is 11.6 Å². The van der Waals surface area contributed by atoms with Gasteiger partial charge in [-0.05, 0) is 12.1 Å². The predicted octanol–water partition coefficient (Wildman–Crippen LogP) is 3.77. The van der Waals surface area contributed by atoms with Crippen molar-refractivity contribution in [2.45, 2.75) is 25.4 Å². The molecular formula is C10H11BrF3N. The third kappa shape index (κ3) is 2.71. The zero-order valence-corrected chi connectivity index (χ0v) is 9.98. The molecule has 0 aliphatic heterocycles. The Morgan fingerprint density at radius 2 is 1.93 bits per heavy atom. The second-order valence-corrected chi connectivity index (χ2v) is 4.48. The van der Waals surface area contributed by atoms with Crippen LogP contribution in [0.25, 0.3) is 0 Å². The average Bonchev–Trinajstić information content (AvgIpc) is 2.16. The van der Waals surface area contributed by atoms with Gasteiger partial charge in [0.25, 0.3) is 0 Å². The summed E-state index contributed by atoms with van der Waals surface area (Å²) in [4.78, 5) is 3.84. The van der Waals surface area contributed by atoms with Crippen LogP contribution in [0, 0.1) is 0 Å². The molecule has 1 aromatic rings. The average molecular weight is 282 g/mol. The molecule has 1 aromatic heterocycles. The Morgan fingerprint density at radius 3 is 2.40 bits per heavy atom. The summed E-state index contributed by atoms with van der Waals surface area (Å²) < 4.78 is 38.0. The Bertz CT molecular complexity index is 347. The molecule has 0 atom stereocenters. The minimum Gasteiger partial charge on any atom is -0.260 e. The van der Waals surface area contributed by atoms with E-state index >= 15 is 0 Å². The summed E-state index contributed by atoms with van der Waals surface area (Å²) >= 11 is 3.20. The van der Waals surface area contributed by atoms with E-state index in [1.807, 2.05) is 0 Å². The number of aromatic nitrogens is 1. The largest absolute Gasteiger partial charge is 0.418 e. The molecule has 0 spiro atoms. The van der Waals surface area contributed by atoms with Crippen LogP contribution in [0.2, 0.25) is 0 Å². The molecule has 0 radical (unpaired) electrons. The molecular weight excluding hydrogens is 271 g/mol. The fraction of sp³-hybridized carbons (Fsp3) is 0.500. The van der Waals surface area contributed by atoms with E-state index in [9.17, 15) is 13.2 Å². The third-order valence-electron chi connectivity index (χ3n) is 2.09. The fourth-order valence-corrected chi connectivity index (χ4v) is 1.50. The summed E-state index contributed by atoms with van der Waals surface area (Å²) in [6.45, 7) is 3.44. The molecule has 15 heavy (non-hydrogen) atoms. The Labute approximate surface area is 94.8 Å². The van der Waals surface area contributed by atoms with E-state index in [2.05, 4.69) is 20.9 Å². The second kappa shape index (κ2) is 4.12. The van der Waals surface area contributed by atoms with Gasteiger partial charge in [-0.1, -0.05) is 29.8 Å². The Balaban J connectivity index is 3.31. The highest BCUT2D eigenvalue weighted by Crippen LogP contribution is 2.36. The maximum absolute atomic E-state index is 12.7. The van der Waals surface area contributed by atoms with Crippen molar-refractivity contribution in [1.82, 2.24) is 4.98 Å². The summed E-state index contributed by atoms with van der Waals surface area (Å²) in [5, 5.41) is 0.431. The van der Waals surface area contributed by atoms with Crippen molar-refractivity contribution < 1.29 is 13.2 Å². The maximum atomic E-state index is 12.7. The first-order valence-electron chi connectivity index (χ1n) is 4.37. The van der Waals surface area contributed by atoms with E-state index in [-0.39, 0.29) is 5.69 Å².